The van der Waals surface area contributed by atoms with Crippen LogP contribution >= 0.6 is 11.8 Å². The number of rotatable bonds is 6. The number of aromatic nitrogens is 1. The number of para-hydroxylation sites is 2. The van der Waals surface area contributed by atoms with Crippen LogP contribution in [0, 0.1) is 0 Å². The summed E-state index contributed by atoms with van der Waals surface area (Å²) in [6, 6.07) is 7.61. The molecule has 0 aliphatic rings. The van der Waals surface area contributed by atoms with Crippen LogP contribution in [0.3, 0.4) is 0 Å². The van der Waals surface area contributed by atoms with Crippen LogP contribution in [0.25, 0.3) is 11.1 Å². The van der Waals surface area contributed by atoms with Gasteiger partial charge in [-0.25, -0.2) is 4.98 Å². The lowest BCUT2D eigenvalue weighted by Crippen LogP contribution is -2.20. The van der Waals surface area contributed by atoms with Gasteiger partial charge in [0, 0.05) is 5.75 Å². The Morgan fingerprint density at radius 3 is 2.89 bits per heavy atom. The number of benzene rings is 1. The number of oxazole rings is 1. The maximum atomic E-state index is 9.72. The molecule has 0 fully saturated rings. The number of thioether (sulfide) groups is 1. The number of aliphatic hydroxyl groups excluding tert-OH is 1. The Balaban J connectivity index is 1.86. The van der Waals surface area contributed by atoms with E-state index in [1.165, 1.54) is 11.8 Å². The third kappa shape index (κ3) is 3.73. The maximum absolute atomic E-state index is 9.72. The van der Waals surface area contributed by atoms with E-state index in [1.54, 1.807) is 0 Å². The first-order chi connectivity index (χ1) is 8.65. The Bertz CT molecular complexity index is 465. The average Bonchev–Trinajstić information content (AvgIpc) is 2.76. The third-order valence-corrected chi connectivity index (χ3v) is 3.27. The van der Waals surface area contributed by atoms with Crippen molar-refractivity contribution in [2.45, 2.75) is 31.3 Å². The molecule has 0 radical (unpaired) electrons. The first-order valence-corrected chi connectivity index (χ1v) is 6.91. The SMILES string of the molecule is CC(C)OCC(O)CSc1nc2ccccc2o1. The zero-order valence-corrected chi connectivity index (χ0v) is 11.3. The van der Waals surface area contributed by atoms with Crippen LogP contribution in [0.4, 0.5) is 0 Å². The van der Waals surface area contributed by atoms with Crippen LogP contribution in [0.1, 0.15) is 13.8 Å². The van der Waals surface area contributed by atoms with Crippen molar-refractivity contribution >= 4 is 22.9 Å². The molecule has 1 aromatic carbocycles. The van der Waals surface area contributed by atoms with E-state index in [4.69, 9.17) is 9.15 Å². The first-order valence-electron chi connectivity index (χ1n) is 5.93. The quantitative estimate of drug-likeness (QED) is 0.815. The molecule has 98 valence electrons. The molecule has 2 aromatic rings. The minimum Gasteiger partial charge on any atom is -0.431 e. The van der Waals surface area contributed by atoms with Gasteiger partial charge in [-0.2, -0.15) is 0 Å². The topological polar surface area (TPSA) is 55.5 Å². The van der Waals surface area contributed by atoms with Gasteiger partial charge < -0.3 is 14.3 Å². The summed E-state index contributed by atoms with van der Waals surface area (Å²) in [5.41, 5.74) is 1.61. The summed E-state index contributed by atoms with van der Waals surface area (Å²) < 4.78 is 10.9. The molecule has 5 heteroatoms. The van der Waals surface area contributed by atoms with Crippen LogP contribution in [-0.2, 0) is 4.74 Å². The minimum atomic E-state index is -0.507. The lowest BCUT2D eigenvalue weighted by Gasteiger charge is -2.11. The van der Waals surface area contributed by atoms with E-state index in [0.29, 0.717) is 17.6 Å². The second-order valence-corrected chi connectivity index (χ2v) is 5.27. The van der Waals surface area contributed by atoms with Gasteiger partial charge in [0.25, 0.3) is 5.22 Å². The highest BCUT2D eigenvalue weighted by Gasteiger charge is 2.10. The van der Waals surface area contributed by atoms with Crippen LogP contribution < -0.4 is 0 Å². The van der Waals surface area contributed by atoms with Crippen LogP contribution in [0.2, 0.25) is 0 Å². The highest BCUT2D eigenvalue weighted by Crippen LogP contribution is 2.23. The van der Waals surface area contributed by atoms with Gasteiger partial charge in [-0.3, -0.25) is 0 Å². The lowest BCUT2D eigenvalue weighted by atomic mass is 10.3. The average molecular weight is 267 g/mol. The molecule has 0 aliphatic carbocycles. The molecule has 4 nitrogen and oxygen atoms in total. The smallest absolute Gasteiger partial charge is 0.256 e. The molecule has 1 N–H and O–H groups in total. The fourth-order valence-corrected chi connectivity index (χ4v) is 2.17. The second kappa shape index (κ2) is 6.22. The summed E-state index contributed by atoms with van der Waals surface area (Å²) in [5.74, 6) is 0.513. The van der Waals surface area contributed by atoms with E-state index >= 15 is 0 Å². The van der Waals surface area contributed by atoms with Crippen molar-refractivity contribution in [3.63, 3.8) is 0 Å². The highest BCUT2D eigenvalue weighted by atomic mass is 32.2. The molecule has 18 heavy (non-hydrogen) atoms. The molecule has 0 aliphatic heterocycles. The highest BCUT2D eigenvalue weighted by molar-refractivity contribution is 7.99. The molecule has 0 saturated heterocycles. The summed E-state index contributed by atoms with van der Waals surface area (Å²) in [4.78, 5) is 4.32. The van der Waals surface area contributed by atoms with Gasteiger partial charge in [-0.05, 0) is 26.0 Å². The van der Waals surface area contributed by atoms with Crippen molar-refractivity contribution in [2.75, 3.05) is 12.4 Å². The molecular weight excluding hydrogens is 250 g/mol. The number of ether oxygens (including phenoxy) is 1. The van der Waals surface area contributed by atoms with Gasteiger partial charge >= 0.3 is 0 Å². The van der Waals surface area contributed by atoms with Crippen molar-refractivity contribution in [3.05, 3.63) is 24.3 Å². The van der Waals surface area contributed by atoms with E-state index in [0.717, 1.165) is 11.1 Å². The third-order valence-electron chi connectivity index (χ3n) is 2.30. The Morgan fingerprint density at radius 1 is 1.39 bits per heavy atom. The van der Waals surface area contributed by atoms with Crippen LogP contribution in [0.15, 0.2) is 33.9 Å². The predicted molar refractivity (Wildman–Crippen MR) is 71.8 cm³/mol. The normalized spacial score (nSPS) is 13.3. The van der Waals surface area contributed by atoms with Gasteiger partial charge in [-0.1, -0.05) is 23.9 Å². The number of aliphatic hydroxyl groups is 1. The van der Waals surface area contributed by atoms with Crippen molar-refractivity contribution in [2.24, 2.45) is 0 Å². The summed E-state index contributed by atoms with van der Waals surface area (Å²) in [6.45, 7) is 4.23. The van der Waals surface area contributed by atoms with Crippen molar-refractivity contribution in [3.8, 4) is 0 Å². The number of hydrogen-bond acceptors (Lipinski definition) is 5. The van der Waals surface area contributed by atoms with Crippen LogP contribution in [0.5, 0.6) is 0 Å². The van der Waals surface area contributed by atoms with E-state index in [-0.39, 0.29) is 6.10 Å². The van der Waals surface area contributed by atoms with Gasteiger partial charge in [0.05, 0.1) is 18.8 Å². The zero-order chi connectivity index (χ0) is 13.0. The predicted octanol–water partition coefficient (Wildman–Crippen LogP) is 2.71. The largest absolute Gasteiger partial charge is 0.431 e. The Labute approximate surface area is 110 Å². The van der Waals surface area contributed by atoms with E-state index in [2.05, 4.69) is 4.98 Å². The monoisotopic (exact) mass is 267 g/mol. The minimum absolute atomic E-state index is 0.133. The number of fused-ring (bicyclic) bond motifs is 1. The molecule has 2 rings (SSSR count). The van der Waals surface area contributed by atoms with E-state index < -0.39 is 6.10 Å². The van der Waals surface area contributed by atoms with Gasteiger partial charge in [0.2, 0.25) is 0 Å². The fraction of sp³-hybridized carbons (Fsp3) is 0.462. The molecule has 1 aromatic heterocycles. The summed E-state index contributed by atoms with van der Waals surface area (Å²) in [7, 11) is 0. The van der Waals surface area contributed by atoms with E-state index in [9.17, 15) is 5.11 Å². The van der Waals surface area contributed by atoms with Gasteiger partial charge in [-0.15, -0.1) is 0 Å². The fourth-order valence-electron chi connectivity index (χ4n) is 1.43. The summed E-state index contributed by atoms with van der Waals surface area (Å²) in [5, 5.41) is 10.3. The van der Waals surface area contributed by atoms with Gasteiger partial charge in [0.1, 0.15) is 5.52 Å². The van der Waals surface area contributed by atoms with Gasteiger partial charge in [0.15, 0.2) is 5.58 Å². The zero-order valence-electron chi connectivity index (χ0n) is 10.5. The summed E-state index contributed by atoms with van der Waals surface area (Å²) >= 11 is 1.40. The molecule has 1 heterocycles. The number of hydrogen-bond donors (Lipinski definition) is 1. The van der Waals surface area contributed by atoms with Crippen LogP contribution in [-0.4, -0.2) is 34.7 Å². The maximum Gasteiger partial charge on any atom is 0.256 e. The first kappa shape index (κ1) is 13.4. The van der Waals surface area contributed by atoms with Crippen molar-refractivity contribution in [1.82, 2.24) is 4.98 Å². The second-order valence-electron chi connectivity index (χ2n) is 4.29. The molecule has 0 spiro atoms. The van der Waals surface area contributed by atoms with Crippen molar-refractivity contribution in [1.29, 1.82) is 0 Å². The molecule has 0 bridgehead atoms. The lowest BCUT2D eigenvalue weighted by molar-refractivity contribution is 0.0152. The van der Waals surface area contributed by atoms with Crippen molar-refractivity contribution < 1.29 is 14.3 Å². The summed E-state index contributed by atoms with van der Waals surface area (Å²) in [6.07, 6.45) is -0.374. The Kier molecular flexibility index (Phi) is 4.63. The molecule has 1 unspecified atom stereocenters. The van der Waals surface area contributed by atoms with E-state index in [1.807, 2.05) is 38.1 Å². The molecule has 1 atom stereocenters. The molecular formula is C13H17NO3S. The molecule has 0 saturated carbocycles. The Hall–Kier alpha value is -1.04. The Morgan fingerprint density at radius 2 is 2.17 bits per heavy atom. The molecule has 0 amide bonds. The number of nitrogens with zero attached hydrogens (tertiary/aromatic N) is 1. The standard InChI is InChI=1S/C13H17NO3S/c1-9(2)16-7-10(15)8-18-13-14-11-5-3-4-6-12(11)17-13/h3-6,9-10,15H,7-8H2,1-2H3.